The molecule has 2 aromatic carbocycles. The van der Waals surface area contributed by atoms with Gasteiger partial charge in [0, 0.05) is 32.2 Å². The molecular formula is C20H25FN2O2. The fraction of sp³-hybridized carbons (Fsp3) is 0.400. The van der Waals surface area contributed by atoms with Gasteiger partial charge in [-0.05, 0) is 29.8 Å². The predicted octanol–water partition coefficient (Wildman–Crippen LogP) is 2.87. The summed E-state index contributed by atoms with van der Waals surface area (Å²) in [5.41, 5.74) is 1.01. The number of piperazine rings is 1. The fourth-order valence-corrected chi connectivity index (χ4v) is 3.08. The minimum absolute atomic E-state index is 0.183. The van der Waals surface area contributed by atoms with E-state index < -0.39 is 0 Å². The van der Waals surface area contributed by atoms with Gasteiger partial charge in [-0.25, -0.2) is 4.39 Å². The third-order valence-corrected chi connectivity index (χ3v) is 4.35. The third-order valence-electron chi connectivity index (χ3n) is 4.35. The van der Waals surface area contributed by atoms with Gasteiger partial charge in [0.05, 0.1) is 13.2 Å². The van der Waals surface area contributed by atoms with E-state index in [-0.39, 0.29) is 11.9 Å². The highest BCUT2D eigenvalue weighted by Crippen LogP contribution is 2.22. The van der Waals surface area contributed by atoms with E-state index in [2.05, 4.69) is 10.2 Å². The van der Waals surface area contributed by atoms with Gasteiger partial charge in [0.15, 0.2) is 0 Å². The zero-order chi connectivity index (χ0) is 17.3. The average Bonchev–Trinajstić information content (AvgIpc) is 2.66. The molecule has 4 nitrogen and oxygen atoms in total. The van der Waals surface area contributed by atoms with Gasteiger partial charge in [-0.3, -0.25) is 4.90 Å². The highest BCUT2D eigenvalue weighted by atomic mass is 19.1. The molecule has 0 aliphatic carbocycles. The van der Waals surface area contributed by atoms with Gasteiger partial charge in [-0.1, -0.05) is 30.3 Å². The molecule has 0 radical (unpaired) electrons. The van der Waals surface area contributed by atoms with Crippen LogP contribution in [0.3, 0.4) is 0 Å². The molecule has 1 aliphatic heterocycles. The van der Waals surface area contributed by atoms with E-state index in [1.807, 2.05) is 36.4 Å². The SMILES string of the molecule is Fc1cccc(C2CNCCN2CCOCCOc2ccccc2)c1. The molecular weight excluding hydrogens is 319 g/mol. The van der Waals surface area contributed by atoms with Gasteiger partial charge in [-0.15, -0.1) is 0 Å². The van der Waals surface area contributed by atoms with Crippen LogP contribution in [-0.4, -0.2) is 50.9 Å². The summed E-state index contributed by atoms with van der Waals surface area (Å²) in [7, 11) is 0. The summed E-state index contributed by atoms with van der Waals surface area (Å²) in [6, 6.07) is 16.8. The molecule has 1 unspecified atom stereocenters. The lowest BCUT2D eigenvalue weighted by atomic mass is 10.0. The molecule has 134 valence electrons. The maximum absolute atomic E-state index is 13.5. The number of para-hydroxylation sites is 1. The van der Waals surface area contributed by atoms with Crippen LogP contribution in [0, 0.1) is 5.82 Å². The van der Waals surface area contributed by atoms with Gasteiger partial charge < -0.3 is 14.8 Å². The Labute approximate surface area is 148 Å². The zero-order valence-electron chi connectivity index (χ0n) is 14.4. The normalized spacial score (nSPS) is 18.2. The van der Waals surface area contributed by atoms with Crippen molar-refractivity contribution >= 4 is 0 Å². The van der Waals surface area contributed by atoms with Crippen LogP contribution in [0.2, 0.25) is 0 Å². The molecule has 0 amide bonds. The molecule has 0 bridgehead atoms. The highest BCUT2D eigenvalue weighted by Gasteiger charge is 2.23. The number of rotatable bonds is 8. The van der Waals surface area contributed by atoms with E-state index in [4.69, 9.17) is 9.47 Å². The number of hydrogen-bond acceptors (Lipinski definition) is 4. The first-order valence-corrected chi connectivity index (χ1v) is 8.79. The van der Waals surface area contributed by atoms with Crippen molar-refractivity contribution in [1.82, 2.24) is 10.2 Å². The number of benzene rings is 2. The van der Waals surface area contributed by atoms with E-state index in [1.54, 1.807) is 12.1 Å². The van der Waals surface area contributed by atoms with Crippen molar-refractivity contribution in [3.8, 4) is 5.75 Å². The molecule has 25 heavy (non-hydrogen) atoms. The van der Waals surface area contributed by atoms with Crippen LogP contribution in [0.15, 0.2) is 54.6 Å². The van der Waals surface area contributed by atoms with Crippen molar-refractivity contribution in [2.24, 2.45) is 0 Å². The minimum atomic E-state index is -0.183. The van der Waals surface area contributed by atoms with E-state index in [0.29, 0.717) is 19.8 Å². The second kappa shape index (κ2) is 9.51. The first-order chi connectivity index (χ1) is 12.3. The molecule has 1 saturated heterocycles. The molecule has 1 atom stereocenters. The molecule has 3 rings (SSSR count). The predicted molar refractivity (Wildman–Crippen MR) is 96.3 cm³/mol. The Bertz CT molecular complexity index is 639. The molecule has 5 heteroatoms. The Morgan fingerprint density at radius 3 is 2.76 bits per heavy atom. The van der Waals surface area contributed by atoms with Gasteiger partial charge in [0.25, 0.3) is 0 Å². The Kier molecular flexibility index (Phi) is 6.79. The standard InChI is InChI=1S/C20H25FN2O2/c21-18-6-4-5-17(15-18)20-16-22-9-10-23(20)11-12-24-13-14-25-19-7-2-1-3-8-19/h1-8,15,20,22H,9-14,16H2. The lowest BCUT2D eigenvalue weighted by molar-refractivity contribution is 0.0609. The molecule has 0 spiro atoms. The Balaban J connectivity index is 1.40. The monoisotopic (exact) mass is 344 g/mol. The van der Waals surface area contributed by atoms with Crippen LogP contribution in [0.4, 0.5) is 4.39 Å². The summed E-state index contributed by atoms with van der Waals surface area (Å²) in [6.45, 7) is 5.29. The number of halogens is 1. The molecule has 1 fully saturated rings. The maximum Gasteiger partial charge on any atom is 0.123 e. The second-order valence-corrected chi connectivity index (χ2v) is 6.08. The summed E-state index contributed by atoms with van der Waals surface area (Å²) >= 11 is 0. The topological polar surface area (TPSA) is 33.7 Å². The first kappa shape index (κ1) is 17.9. The first-order valence-electron chi connectivity index (χ1n) is 8.79. The van der Waals surface area contributed by atoms with E-state index in [9.17, 15) is 4.39 Å². The Morgan fingerprint density at radius 2 is 1.92 bits per heavy atom. The summed E-state index contributed by atoms with van der Waals surface area (Å²) in [4.78, 5) is 2.35. The summed E-state index contributed by atoms with van der Waals surface area (Å²) in [5, 5.41) is 3.39. The smallest absolute Gasteiger partial charge is 0.123 e. The third kappa shape index (κ3) is 5.53. The zero-order valence-corrected chi connectivity index (χ0v) is 14.4. The minimum Gasteiger partial charge on any atom is -0.491 e. The largest absolute Gasteiger partial charge is 0.491 e. The Morgan fingerprint density at radius 1 is 1.04 bits per heavy atom. The van der Waals surface area contributed by atoms with Crippen molar-refractivity contribution in [3.63, 3.8) is 0 Å². The summed E-state index contributed by atoms with van der Waals surface area (Å²) in [5.74, 6) is 0.678. The van der Waals surface area contributed by atoms with Crippen LogP contribution >= 0.6 is 0 Å². The van der Waals surface area contributed by atoms with Crippen LogP contribution in [0.5, 0.6) is 5.75 Å². The molecule has 1 N–H and O–H groups in total. The summed E-state index contributed by atoms with van der Waals surface area (Å²) in [6.07, 6.45) is 0. The Hall–Kier alpha value is -1.95. The molecule has 1 aliphatic rings. The van der Waals surface area contributed by atoms with Crippen LogP contribution < -0.4 is 10.1 Å². The van der Waals surface area contributed by atoms with Crippen LogP contribution in [0.1, 0.15) is 11.6 Å². The lowest BCUT2D eigenvalue weighted by Gasteiger charge is -2.36. The van der Waals surface area contributed by atoms with Gasteiger partial charge >= 0.3 is 0 Å². The molecule has 0 saturated carbocycles. The van der Waals surface area contributed by atoms with Crippen molar-refractivity contribution in [1.29, 1.82) is 0 Å². The average molecular weight is 344 g/mol. The van der Waals surface area contributed by atoms with E-state index >= 15 is 0 Å². The van der Waals surface area contributed by atoms with Crippen molar-refractivity contribution in [3.05, 3.63) is 66.0 Å². The van der Waals surface area contributed by atoms with Crippen molar-refractivity contribution < 1.29 is 13.9 Å². The van der Waals surface area contributed by atoms with Crippen molar-refractivity contribution in [2.75, 3.05) is 46.0 Å². The lowest BCUT2D eigenvalue weighted by Crippen LogP contribution is -2.47. The molecule has 1 heterocycles. The van der Waals surface area contributed by atoms with Gasteiger partial charge in [-0.2, -0.15) is 0 Å². The number of nitrogens with one attached hydrogen (secondary N) is 1. The number of ether oxygens (including phenoxy) is 2. The fourth-order valence-electron chi connectivity index (χ4n) is 3.08. The highest BCUT2D eigenvalue weighted by molar-refractivity contribution is 5.21. The molecule has 0 aromatic heterocycles. The van der Waals surface area contributed by atoms with Crippen molar-refractivity contribution in [2.45, 2.75) is 6.04 Å². The quantitative estimate of drug-likeness (QED) is 0.747. The summed E-state index contributed by atoms with van der Waals surface area (Å²) < 4.78 is 24.8. The van der Waals surface area contributed by atoms with Gasteiger partial charge in [0.2, 0.25) is 0 Å². The van der Waals surface area contributed by atoms with E-state index in [0.717, 1.165) is 37.5 Å². The molecule has 2 aromatic rings. The maximum atomic E-state index is 13.5. The number of nitrogens with zero attached hydrogens (tertiary/aromatic N) is 1. The second-order valence-electron chi connectivity index (χ2n) is 6.08. The van der Waals surface area contributed by atoms with E-state index in [1.165, 1.54) is 6.07 Å². The van der Waals surface area contributed by atoms with Crippen LogP contribution in [0.25, 0.3) is 0 Å². The van der Waals surface area contributed by atoms with Gasteiger partial charge in [0.1, 0.15) is 18.2 Å². The van der Waals surface area contributed by atoms with Crippen LogP contribution in [-0.2, 0) is 4.74 Å². The number of hydrogen-bond donors (Lipinski definition) is 1.